The molecule has 5 nitrogen and oxygen atoms in total. The van der Waals surface area contributed by atoms with E-state index in [-0.39, 0.29) is 11.7 Å². The highest BCUT2D eigenvalue weighted by atomic mass is 79.9. The van der Waals surface area contributed by atoms with Crippen molar-refractivity contribution in [2.45, 2.75) is 12.1 Å². The topological polar surface area (TPSA) is 59.3 Å². The van der Waals surface area contributed by atoms with Crippen molar-refractivity contribution in [1.82, 2.24) is 14.6 Å². The number of amides is 1. The van der Waals surface area contributed by atoms with Gasteiger partial charge >= 0.3 is 0 Å². The maximum absolute atomic E-state index is 12.1. The maximum atomic E-state index is 12.1. The summed E-state index contributed by atoms with van der Waals surface area (Å²) in [5, 5.41) is 11.8. The van der Waals surface area contributed by atoms with E-state index in [1.54, 1.807) is 0 Å². The summed E-state index contributed by atoms with van der Waals surface area (Å²) in [7, 11) is 0. The van der Waals surface area contributed by atoms with Gasteiger partial charge in [0, 0.05) is 16.4 Å². The first-order valence-electron chi connectivity index (χ1n) is 6.62. The van der Waals surface area contributed by atoms with Crippen molar-refractivity contribution in [2.75, 3.05) is 11.1 Å². The number of pyridine rings is 1. The average Bonchev–Trinajstić information content (AvgIpc) is 2.91. The molecule has 0 bridgehead atoms. The second-order valence-electron chi connectivity index (χ2n) is 4.71. The lowest BCUT2D eigenvalue weighted by molar-refractivity contribution is -0.113. The third-order valence-corrected chi connectivity index (χ3v) is 4.51. The molecule has 3 rings (SSSR count). The molecule has 2 heterocycles. The number of rotatable bonds is 4. The van der Waals surface area contributed by atoms with Crippen molar-refractivity contribution in [3.8, 4) is 0 Å². The van der Waals surface area contributed by atoms with Gasteiger partial charge in [-0.15, -0.1) is 10.2 Å². The highest BCUT2D eigenvalue weighted by Crippen LogP contribution is 2.21. The van der Waals surface area contributed by atoms with Gasteiger partial charge in [0.1, 0.15) is 0 Å². The number of aromatic nitrogens is 3. The number of carbonyl (C=O) groups is 1. The molecular weight excluding hydrogens is 364 g/mol. The number of anilines is 1. The van der Waals surface area contributed by atoms with E-state index in [1.807, 2.05) is 53.9 Å². The Bertz CT molecular complexity index is 833. The van der Waals surface area contributed by atoms with E-state index >= 15 is 0 Å². The number of halogens is 1. The van der Waals surface area contributed by atoms with Crippen molar-refractivity contribution in [3.05, 3.63) is 52.6 Å². The Morgan fingerprint density at radius 2 is 2.18 bits per heavy atom. The normalized spacial score (nSPS) is 10.8. The van der Waals surface area contributed by atoms with Gasteiger partial charge in [0.25, 0.3) is 0 Å². The minimum Gasteiger partial charge on any atom is -0.325 e. The highest BCUT2D eigenvalue weighted by Gasteiger charge is 2.10. The number of thioether (sulfide) groups is 1. The standard InChI is InChI=1S/C15H13BrN4OS/c1-10-8-11(16)5-6-12(10)17-14(21)9-22-15-19-18-13-4-2-3-7-20(13)15/h2-8H,9H2,1H3,(H,17,21). The quantitative estimate of drug-likeness (QED) is 0.707. The fraction of sp³-hybridized carbons (Fsp3) is 0.133. The molecule has 0 saturated carbocycles. The minimum absolute atomic E-state index is 0.0666. The number of carbonyl (C=O) groups excluding carboxylic acids is 1. The lowest BCUT2D eigenvalue weighted by atomic mass is 10.2. The Hall–Kier alpha value is -1.86. The molecule has 0 aliphatic heterocycles. The van der Waals surface area contributed by atoms with E-state index in [0.717, 1.165) is 21.4 Å². The van der Waals surface area contributed by atoms with Crippen LogP contribution in [0.1, 0.15) is 5.56 Å². The third kappa shape index (κ3) is 3.31. The summed E-state index contributed by atoms with van der Waals surface area (Å²) in [4.78, 5) is 12.1. The second-order valence-corrected chi connectivity index (χ2v) is 6.57. The number of hydrogen-bond acceptors (Lipinski definition) is 4. The number of hydrogen-bond donors (Lipinski definition) is 1. The summed E-state index contributed by atoms with van der Waals surface area (Å²) >= 11 is 4.77. The summed E-state index contributed by atoms with van der Waals surface area (Å²) in [5.74, 6) is 0.216. The number of fused-ring (bicyclic) bond motifs is 1. The van der Waals surface area contributed by atoms with Crippen LogP contribution in [-0.4, -0.2) is 26.3 Å². The fourth-order valence-corrected chi connectivity index (χ4v) is 3.20. The van der Waals surface area contributed by atoms with Gasteiger partial charge in [-0.1, -0.05) is 33.8 Å². The van der Waals surface area contributed by atoms with Gasteiger partial charge in [-0.05, 0) is 42.8 Å². The molecule has 112 valence electrons. The van der Waals surface area contributed by atoms with E-state index < -0.39 is 0 Å². The smallest absolute Gasteiger partial charge is 0.234 e. The van der Waals surface area contributed by atoms with E-state index in [1.165, 1.54) is 11.8 Å². The predicted molar refractivity (Wildman–Crippen MR) is 91.2 cm³/mol. The van der Waals surface area contributed by atoms with Crippen LogP contribution in [0.25, 0.3) is 5.65 Å². The zero-order valence-corrected chi connectivity index (χ0v) is 14.2. The van der Waals surface area contributed by atoms with Crippen molar-refractivity contribution in [1.29, 1.82) is 0 Å². The Morgan fingerprint density at radius 3 is 3.00 bits per heavy atom. The zero-order valence-electron chi connectivity index (χ0n) is 11.8. The number of benzene rings is 1. The lowest BCUT2D eigenvalue weighted by Crippen LogP contribution is -2.15. The molecule has 1 N–H and O–H groups in total. The first-order chi connectivity index (χ1) is 10.6. The number of aryl methyl sites for hydroxylation is 1. The van der Waals surface area contributed by atoms with Crippen LogP contribution in [0, 0.1) is 6.92 Å². The Kier molecular flexibility index (Phi) is 4.44. The highest BCUT2D eigenvalue weighted by molar-refractivity contribution is 9.10. The SMILES string of the molecule is Cc1cc(Br)ccc1NC(=O)CSc1nnc2ccccn12. The maximum Gasteiger partial charge on any atom is 0.234 e. The fourth-order valence-electron chi connectivity index (χ4n) is 2.00. The Labute approximate surface area is 140 Å². The molecule has 0 saturated heterocycles. The molecule has 1 aromatic carbocycles. The van der Waals surface area contributed by atoms with Crippen molar-refractivity contribution >= 4 is 44.9 Å². The van der Waals surface area contributed by atoms with Gasteiger partial charge < -0.3 is 5.32 Å². The predicted octanol–water partition coefficient (Wildman–Crippen LogP) is 3.53. The van der Waals surface area contributed by atoms with Crippen LogP contribution >= 0.6 is 27.7 Å². The summed E-state index contributed by atoms with van der Waals surface area (Å²) < 4.78 is 2.86. The molecule has 0 fully saturated rings. The molecule has 22 heavy (non-hydrogen) atoms. The summed E-state index contributed by atoms with van der Waals surface area (Å²) in [6.07, 6.45) is 1.88. The van der Waals surface area contributed by atoms with Crippen LogP contribution in [0.5, 0.6) is 0 Å². The lowest BCUT2D eigenvalue weighted by Gasteiger charge is -2.08. The zero-order chi connectivity index (χ0) is 15.5. The average molecular weight is 377 g/mol. The molecular formula is C15H13BrN4OS. The van der Waals surface area contributed by atoms with Gasteiger partial charge in [0.05, 0.1) is 5.75 Å². The molecule has 7 heteroatoms. The van der Waals surface area contributed by atoms with Crippen LogP contribution in [0.3, 0.4) is 0 Å². The molecule has 0 aliphatic carbocycles. The summed E-state index contributed by atoms with van der Waals surface area (Å²) in [6, 6.07) is 11.4. The van der Waals surface area contributed by atoms with Crippen molar-refractivity contribution in [3.63, 3.8) is 0 Å². The number of nitrogens with zero attached hydrogens (tertiary/aromatic N) is 3. The van der Waals surface area contributed by atoms with Gasteiger partial charge in [-0.2, -0.15) is 0 Å². The summed E-state index contributed by atoms with van der Waals surface area (Å²) in [6.45, 7) is 1.96. The minimum atomic E-state index is -0.0666. The molecule has 0 aliphatic rings. The van der Waals surface area contributed by atoms with Crippen LogP contribution in [0.15, 0.2) is 52.2 Å². The van der Waals surface area contributed by atoms with E-state index in [9.17, 15) is 4.79 Å². The van der Waals surface area contributed by atoms with Crippen LogP contribution in [0.2, 0.25) is 0 Å². The van der Waals surface area contributed by atoms with Crippen LogP contribution in [-0.2, 0) is 4.79 Å². The van der Waals surface area contributed by atoms with E-state index in [0.29, 0.717) is 5.16 Å². The second kappa shape index (κ2) is 6.50. The first kappa shape index (κ1) is 15.1. The molecule has 0 atom stereocenters. The number of nitrogens with one attached hydrogen (secondary N) is 1. The Morgan fingerprint density at radius 1 is 1.32 bits per heavy atom. The molecule has 1 amide bonds. The van der Waals surface area contributed by atoms with E-state index in [2.05, 4.69) is 31.4 Å². The molecule has 3 aromatic rings. The van der Waals surface area contributed by atoms with E-state index in [4.69, 9.17) is 0 Å². The molecule has 0 unspecified atom stereocenters. The van der Waals surface area contributed by atoms with Crippen molar-refractivity contribution in [2.24, 2.45) is 0 Å². The van der Waals surface area contributed by atoms with Crippen LogP contribution < -0.4 is 5.32 Å². The third-order valence-electron chi connectivity index (χ3n) is 3.08. The molecule has 0 spiro atoms. The van der Waals surface area contributed by atoms with Crippen LogP contribution in [0.4, 0.5) is 5.69 Å². The van der Waals surface area contributed by atoms with Gasteiger partial charge in [-0.3, -0.25) is 9.20 Å². The van der Waals surface area contributed by atoms with Gasteiger partial charge in [0.2, 0.25) is 5.91 Å². The van der Waals surface area contributed by atoms with Crippen molar-refractivity contribution < 1.29 is 4.79 Å². The van der Waals surface area contributed by atoms with Gasteiger partial charge in [-0.25, -0.2) is 0 Å². The van der Waals surface area contributed by atoms with Gasteiger partial charge in [0.15, 0.2) is 10.8 Å². The largest absolute Gasteiger partial charge is 0.325 e. The first-order valence-corrected chi connectivity index (χ1v) is 8.40. The molecule has 0 radical (unpaired) electrons. The summed E-state index contributed by atoms with van der Waals surface area (Å²) in [5.41, 5.74) is 2.61. The monoisotopic (exact) mass is 376 g/mol. The Balaban J connectivity index is 1.65. The molecule has 2 aromatic heterocycles.